The molecule has 0 saturated carbocycles. The maximum atomic E-state index is 5.15. The fraction of sp³-hybridized carbons (Fsp3) is 0.294. The predicted molar refractivity (Wildman–Crippen MR) is 80.4 cm³/mol. The molecule has 2 nitrogen and oxygen atoms in total. The van der Waals surface area contributed by atoms with Crippen molar-refractivity contribution >= 4 is 5.69 Å². The Hall–Kier alpha value is -1.80. The molecule has 0 aliphatic heterocycles. The standard InChI is InChI=1S/C17H21NO/c1-13-7-8-14(2)16(9-13)11-18-17-6-4-5-15(10-17)12-19-3/h4-10,18H,11-12H2,1-3H3. The van der Waals surface area contributed by atoms with E-state index in [0.29, 0.717) is 6.61 Å². The van der Waals surface area contributed by atoms with Gasteiger partial charge in [-0.2, -0.15) is 0 Å². The molecule has 0 radical (unpaired) electrons. The van der Waals surface area contributed by atoms with E-state index in [1.165, 1.54) is 22.3 Å². The van der Waals surface area contributed by atoms with Gasteiger partial charge < -0.3 is 10.1 Å². The van der Waals surface area contributed by atoms with E-state index in [-0.39, 0.29) is 0 Å². The molecular weight excluding hydrogens is 234 g/mol. The molecule has 2 rings (SSSR count). The minimum absolute atomic E-state index is 0.652. The van der Waals surface area contributed by atoms with Crippen LogP contribution < -0.4 is 5.32 Å². The van der Waals surface area contributed by atoms with Crippen LogP contribution in [0.1, 0.15) is 22.3 Å². The second kappa shape index (κ2) is 6.39. The van der Waals surface area contributed by atoms with Gasteiger partial charge in [0, 0.05) is 19.3 Å². The molecule has 100 valence electrons. The number of aryl methyl sites for hydroxylation is 2. The molecule has 1 N–H and O–H groups in total. The highest BCUT2D eigenvalue weighted by Gasteiger charge is 2.00. The van der Waals surface area contributed by atoms with E-state index in [1.807, 2.05) is 0 Å². The summed E-state index contributed by atoms with van der Waals surface area (Å²) in [4.78, 5) is 0. The van der Waals surface area contributed by atoms with Gasteiger partial charge in [-0.1, -0.05) is 35.9 Å². The van der Waals surface area contributed by atoms with Crippen LogP contribution in [0.5, 0.6) is 0 Å². The fourth-order valence-electron chi connectivity index (χ4n) is 2.13. The van der Waals surface area contributed by atoms with Crippen LogP contribution in [0, 0.1) is 13.8 Å². The van der Waals surface area contributed by atoms with Crippen LogP contribution in [-0.2, 0) is 17.9 Å². The monoisotopic (exact) mass is 255 g/mol. The summed E-state index contributed by atoms with van der Waals surface area (Å²) in [5.41, 5.74) is 6.29. The first-order valence-electron chi connectivity index (χ1n) is 6.57. The zero-order valence-corrected chi connectivity index (χ0v) is 11.9. The van der Waals surface area contributed by atoms with Gasteiger partial charge in [0.1, 0.15) is 0 Å². The van der Waals surface area contributed by atoms with Crippen LogP contribution in [0.4, 0.5) is 5.69 Å². The molecular formula is C17H21NO. The summed E-state index contributed by atoms with van der Waals surface area (Å²) >= 11 is 0. The van der Waals surface area contributed by atoms with Crippen molar-refractivity contribution in [1.82, 2.24) is 0 Å². The number of ether oxygens (including phenoxy) is 1. The zero-order chi connectivity index (χ0) is 13.7. The first kappa shape index (κ1) is 13.6. The highest BCUT2D eigenvalue weighted by atomic mass is 16.5. The summed E-state index contributed by atoms with van der Waals surface area (Å²) in [5, 5.41) is 3.47. The van der Waals surface area contributed by atoms with E-state index >= 15 is 0 Å². The van der Waals surface area contributed by atoms with E-state index in [0.717, 1.165) is 12.2 Å². The van der Waals surface area contributed by atoms with Crippen molar-refractivity contribution in [2.24, 2.45) is 0 Å². The normalized spacial score (nSPS) is 10.5. The van der Waals surface area contributed by atoms with Crippen molar-refractivity contribution in [3.63, 3.8) is 0 Å². The lowest BCUT2D eigenvalue weighted by molar-refractivity contribution is 0.185. The van der Waals surface area contributed by atoms with Crippen LogP contribution in [0.15, 0.2) is 42.5 Å². The first-order chi connectivity index (χ1) is 9.19. The van der Waals surface area contributed by atoms with Crippen molar-refractivity contribution in [3.05, 3.63) is 64.7 Å². The quantitative estimate of drug-likeness (QED) is 0.870. The van der Waals surface area contributed by atoms with Gasteiger partial charge in [-0.05, 0) is 42.7 Å². The molecule has 2 aromatic rings. The molecule has 0 saturated heterocycles. The average Bonchev–Trinajstić information content (AvgIpc) is 2.41. The molecule has 0 unspecified atom stereocenters. The maximum Gasteiger partial charge on any atom is 0.0713 e. The van der Waals surface area contributed by atoms with Gasteiger partial charge in [0.2, 0.25) is 0 Å². The number of rotatable bonds is 5. The Kier molecular flexibility index (Phi) is 4.58. The molecule has 0 amide bonds. The van der Waals surface area contributed by atoms with E-state index in [1.54, 1.807) is 7.11 Å². The van der Waals surface area contributed by atoms with E-state index in [9.17, 15) is 0 Å². The number of hydrogen-bond donors (Lipinski definition) is 1. The van der Waals surface area contributed by atoms with Crippen LogP contribution >= 0.6 is 0 Å². The predicted octanol–water partition coefficient (Wildman–Crippen LogP) is 4.06. The number of hydrogen-bond acceptors (Lipinski definition) is 2. The van der Waals surface area contributed by atoms with Gasteiger partial charge in [-0.3, -0.25) is 0 Å². The molecule has 0 atom stereocenters. The largest absolute Gasteiger partial charge is 0.381 e. The van der Waals surface area contributed by atoms with Crippen LogP contribution in [0.3, 0.4) is 0 Å². The van der Waals surface area contributed by atoms with Crippen molar-refractivity contribution < 1.29 is 4.74 Å². The molecule has 0 aromatic heterocycles. The second-order valence-electron chi connectivity index (χ2n) is 4.92. The third-order valence-electron chi connectivity index (χ3n) is 3.23. The van der Waals surface area contributed by atoms with Gasteiger partial charge in [0.15, 0.2) is 0 Å². The van der Waals surface area contributed by atoms with Crippen molar-refractivity contribution in [2.75, 3.05) is 12.4 Å². The lowest BCUT2D eigenvalue weighted by Gasteiger charge is -2.11. The van der Waals surface area contributed by atoms with Crippen LogP contribution in [0.25, 0.3) is 0 Å². The second-order valence-corrected chi connectivity index (χ2v) is 4.92. The van der Waals surface area contributed by atoms with Crippen molar-refractivity contribution in [1.29, 1.82) is 0 Å². The lowest BCUT2D eigenvalue weighted by Crippen LogP contribution is -2.02. The summed E-state index contributed by atoms with van der Waals surface area (Å²) in [5.74, 6) is 0. The summed E-state index contributed by atoms with van der Waals surface area (Å²) < 4.78 is 5.15. The van der Waals surface area contributed by atoms with Crippen LogP contribution in [-0.4, -0.2) is 7.11 Å². The van der Waals surface area contributed by atoms with Crippen LogP contribution in [0.2, 0.25) is 0 Å². The molecule has 2 heteroatoms. The molecule has 0 fully saturated rings. The smallest absolute Gasteiger partial charge is 0.0713 e. The third-order valence-corrected chi connectivity index (χ3v) is 3.23. The molecule has 0 aliphatic carbocycles. The Morgan fingerprint density at radius 1 is 1.05 bits per heavy atom. The molecule has 2 aromatic carbocycles. The van der Waals surface area contributed by atoms with E-state index in [4.69, 9.17) is 4.74 Å². The summed E-state index contributed by atoms with van der Waals surface area (Å²) in [6, 6.07) is 14.9. The molecule has 0 spiro atoms. The number of methoxy groups -OCH3 is 1. The Labute approximate surface area is 115 Å². The first-order valence-corrected chi connectivity index (χ1v) is 6.57. The van der Waals surface area contributed by atoms with Gasteiger partial charge in [-0.25, -0.2) is 0 Å². The van der Waals surface area contributed by atoms with Gasteiger partial charge in [-0.15, -0.1) is 0 Å². The fourth-order valence-corrected chi connectivity index (χ4v) is 2.13. The summed E-state index contributed by atoms with van der Waals surface area (Å²) in [6.45, 7) is 5.78. The highest BCUT2D eigenvalue weighted by molar-refractivity contribution is 5.46. The maximum absolute atomic E-state index is 5.15. The Bertz CT molecular complexity index is 549. The zero-order valence-electron chi connectivity index (χ0n) is 11.9. The SMILES string of the molecule is COCc1cccc(NCc2cc(C)ccc2C)c1. The van der Waals surface area contributed by atoms with Gasteiger partial charge >= 0.3 is 0 Å². The minimum Gasteiger partial charge on any atom is -0.381 e. The average molecular weight is 255 g/mol. The van der Waals surface area contributed by atoms with E-state index < -0.39 is 0 Å². The summed E-state index contributed by atoms with van der Waals surface area (Å²) in [7, 11) is 1.72. The summed E-state index contributed by atoms with van der Waals surface area (Å²) in [6.07, 6.45) is 0. The highest BCUT2D eigenvalue weighted by Crippen LogP contribution is 2.15. The third kappa shape index (κ3) is 3.83. The molecule has 0 heterocycles. The Morgan fingerprint density at radius 2 is 1.89 bits per heavy atom. The Balaban J connectivity index is 2.05. The lowest BCUT2D eigenvalue weighted by atomic mass is 10.1. The molecule has 0 bridgehead atoms. The topological polar surface area (TPSA) is 21.3 Å². The number of benzene rings is 2. The van der Waals surface area contributed by atoms with Crippen molar-refractivity contribution in [2.45, 2.75) is 27.0 Å². The van der Waals surface area contributed by atoms with E-state index in [2.05, 4.69) is 61.6 Å². The van der Waals surface area contributed by atoms with Gasteiger partial charge in [0.05, 0.1) is 6.61 Å². The van der Waals surface area contributed by atoms with Gasteiger partial charge in [0.25, 0.3) is 0 Å². The molecule has 19 heavy (non-hydrogen) atoms. The Morgan fingerprint density at radius 3 is 2.68 bits per heavy atom. The van der Waals surface area contributed by atoms with Crippen molar-refractivity contribution in [3.8, 4) is 0 Å². The number of nitrogens with one attached hydrogen (secondary N) is 1. The minimum atomic E-state index is 0.652. The number of anilines is 1. The molecule has 0 aliphatic rings.